The number of allylic oxidation sites excluding steroid dienone is 3. The molecule has 0 N–H and O–H groups in total. The van der Waals surface area contributed by atoms with E-state index in [2.05, 4.69) is 70.7 Å². The lowest BCUT2D eigenvalue weighted by molar-refractivity contribution is 0.362. The number of para-hydroxylation sites is 1. The van der Waals surface area contributed by atoms with Crippen LogP contribution in [0, 0.1) is 11.7 Å². The first-order chi connectivity index (χ1) is 16.0. The van der Waals surface area contributed by atoms with Crippen LogP contribution in [0.5, 0.6) is 0 Å². The van der Waals surface area contributed by atoms with Crippen molar-refractivity contribution in [1.29, 1.82) is 0 Å². The molecule has 1 aliphatic heterocycles. The van der Waals surface area contributed by atoms with Crippen LogP contribution in [-0.4, -0.2) is 11.6 Å². The van der Waals surface area contributed by atoms with Gasteiger partial charge in [-0.2, -0.15) is 0 Å². The summed E-state index contributed by atoms with van der Waals surface area (Å²) in [5, 5.41) is 4.44. The lowest BCUT2D eigenvalue weighted by Gasteiger charge is -2.33. The first kappa shape index (κ1) is 25.3. The molecule has 176 valence electrons. The zero-order valence-electron chi connectivity index (χ0n) is 19.9. The summed E-state index contributed by atoms with van der Waals surface area (Å²) in [5.41, 5.74) is 4.55. The summed E-state index contributed by atoms with van der Waals surface area (Å²) in [6, 6.07) is 17.0. The second-order valence-corrected chi connectivity index (χ2v) is 9.41. The van der Waals surface area contributed by atoms with E-state index >= 15 is 0 Å². The van der Waals surface area contributed by atoms with E-state index in [0.717, 1.165) is 40.3 Å². The van der Waals surface area contributed by atoms with Crippen LogP contribution in [-0.2, 0) is 0 Å². The highest BCUT2D eigenvalue weighted by Gasteiger charge is 2.30. The fourth-order valence-electron chi connectivity index (χ4n) is 4.57. The molecular weight excluding hydrogens is 475 g/mol. The Morgan fingerprint density at radius 2 is 1.67 bits per heavy atom. The van der Waals surface area contributed by atoms with E-state index in [9.17, 15) is 4.39 Å². The van der Waals surface area contributed by atoms with Gasteiger partial charge in [0.1, 0.15) is 5.82 Å². The molecule has 1 saturated carbocycles. The van der Waals surface area contributed by atoms with Gasteiger partial charge in [0.15, 0.2) is 0 Å². The van der Waals surface area contributed by atoms with Crippen molar-refractivity contribution in [2.24, 2.45) is 5.92 Å². The number of hydrazine groups is 1. The maximum atomic E-state index is 12.7. The average Bonchev–Trinajstić information content (AvgIpc) is 3.11. The third-order valence-corrected chi connectivity index (χ3v) is 7.24. The quantitative estimate of drug-likeness (QED) is 0.382. The van der Waals surface area contributed by atoms with Crippen molar-refractivity contribution < 1.29 is 4.39 Å². The van der Waals surface area contributed by atoms with Crippen LogP contribution in [0.1, 0.15) is 64.4 Å². The molecule has 1 heterocycles. The van der Waals surface area contributed by atoms with Crippen molar-refractivity contribution in [2.45, 2.75) is 58.8 Å². The van der Waals surface area contributed by atoms with Crippen molar-refractivity contribution in [3.8, 4) is 0 Å². The summed E-state index contributed by atoms with van der Waals surface area (Å²) >= 11 is 3.65. The van der Waals surface area contributed by atoms with Crippen molar-refractivity contribution in [3.63, 3.8) is 0 Å². The highest BCUT2D eigenvalue weighted by atomic mass is 79.9. The largest absolute Gasteiger partial charge is 0.284 e. The van der Waals surface area contributed by atoms with Gasteiger partial charge in [0, 0.05) is 6.54 Å². The molecule has 0 amide bonds. The highest BCUT2D eigenvalue weighted by Crippen LogP contribution is 2.39. The Kier molecular flexibility index (Phi) is 9.80. The van der Waals surface area contributed by atoms with E-state index in [1.54, 1.807) is 0 Å². The van der Waals surface area contributed by atoms with E-state index in [4.69, 9.17) is 0 Å². The summed E-state index contributed by atoms with van der Waals surface area (Å²) in [4.78, 5) is 0. The van der Waals surface area contributed by atoms with Gasteiger partial charge >= 0.3 is 0 Å². The molecular formula is C29H36BrFN2. The zero-order valence-corrected chi connectivity index (χ0v) is 21.5. The zero-order chi connectivity index (χ0) is 23.6. The maximum Gasteiger partial charge on any atom is 0.123 e. The Morgan fingerprint density at radius 1 is 1.00 bits per heavy atom. The molecule has 0 atom stereocenters. The Bertz CT molecular complexity index is 943. The van der Waals surface area contributed by atoms with Gasteiger partial charge in [-0.05, 0) is 71.4 Å². The van der Waals surface area contributed by atoms with Crippen LogP contribution in [0.15, 0.2) is 83.1 Å². The van der Waals surface area contributed by atoms with Crippen molar-refractivity contribution in [2.75, 3.05) is 11.6 Å². The van der Waals surface area contributed by atoms with Gasteiger partial charge in [-0.25, -0.2) is 4.39 Å². The molecule has 0 unspecified atom stereocenters. The highest BCUT2D eigenvalue weighted by molar-refractivity contribution is 9.12. The summed E-state index contributed by atoms with van der Waals surface area (Å²) in [6.07, 6.45) is 13.5. The van der Waals surface area contributed by atoms with E-state index in [0.29, 0.717) is 0 Å². The SMILES string of the molecule is C=C1C(Br)=C(CC)N(CC)N1c1ccccc1.Fc1ccc(/C=C/CC2CCCCC2)cc1. The lowest BCUT2D eigenvalue weighted by Crippen LogP contribution is -2.36. The van der Waals surface area contributed by atoms with Gasteiger partial charge in [0.2, 0.25) is 0 Å². The molecule has 0 bridgehead atoms. The minimum Gasteiger partial charge on any atom is -0.284 e. The summed E-state index contributed by atoms with van der Waals surface area (Å²) in [6.45, 7) is 9.43. The molecule has 1 aliphatic carbocycles. The van der Waals surface area contributed by atoms with Crippen LogP contribution in [0.4, 0.5) is 10.1 Å². The number of rotatable bonds is 6. The van der Waals surface area contributed by atoms with E-state index in [1.807, 2.05) is 30.3 Å². The van der Waals surface area contributed by atoms with Gasteiger partial charge in [-0.3, -0.25) is 10.0 Å². The number of benzene rings is 2. The predicted molar refractivity (Wildman–Crippen MR) is 143 cm³/mol. The van der Waals surface area contributed by atoms with E-state index < -0.39 is 0 Å². The second-order valence-electron chi connectivity index (χ2n) is 8.62. The minimum atomic E-state index is -0.163. The maximum absolute atomic E-state index is 12.7. The van der Waals surface area contributed by atoms with Crippen molar-refractivity contribution in [1.82, 2.24) is 5.01 Å². The first-order valence-electron chi connectivity index (χ1n) is 12.2. The van der Waals surface area contributed by atoms with Crippen molar-refractivity contribution in [3.05, 3.63) is 94.5 Å². The van der Waals surface area contributed by atoms with Crippen LogP contribution in [0.3, 0.4) is 0 Å². The van der Waals surface area contributed by atoms with E-state index in [-0.39, 0.29) is 5.82 Å². The van der Waals surface area contributed by atoms with Crippen LogP contribution < -0.4 is 5.01 Å². The van der Waals surface area contributed by atoms with Gasteiger partial charge < -0.3 is 0 Å². The van der Waals surface area contributed by atoms with E-state index in [1.165, 1.54) is 56.4 Å². The molecule has 2 aromatic carbocycles. The molecule has 2 aliphatic rings. The third-order valence-electron chi connectivity index (χ3n) is 6.33. The number of nitrogens with zero attached hydrogens (tertiary/aromatic N) is 2. The Labute approximate surface area is 207 Å². The molecule has 2 aromatic rings. The summed E-state index contributed by atoms with van der Waals surface area (Å²) in [7, 11) is 0. The third kappa shape index (κ3) is 6.83. The fraction of sp³-hybridized carbons (Fsp3) is 0.379. The van der Waals surface area contributed by atoms with Crippen LogP contribution >= 0.6 is 15.9 Å². The number of halogens is 2. The Balaban J connectivity index is 0.000000186. The molecule has 4 rings (SSSR count). The Hall–Kier alpha value is -2.33. The van der Waals surface area contributed by atoms with Gasteiger partial charge in [-0.15, -0.1) is 0 Å². The minimum absolute atomic E-state index is 0.163. The van der Waals surface area contributed by atoms with Crippen molar-refractivity contribution >= 4 is 27.7 Å². The van der Waals surface area contributed by atoms with Crippen LogP contribution in [0.25, 0.3) is 6.08 Å². The number of hydrogen-bond donors (Lipinski definition) is 0. The summed E-state index contributed by atoms with van der Waals surface area (Å²) < 4.78 is 13.8. The smallest absolute Gasteiger partial charge is 0.123 e. The summed E-state index contributed by atoms with van der Waals surface area (Å²) in [5.74, 6) is 0.717. The first-order valence-corrected chi connectivity index (χ1v) is 13.0. The Morgan fingerprint density at radius 3 is 2.27 bits per heavy atom. The molecule has 1 fully saturated rings. The average molecular weight is 512 g/mol. The molecule has 4 heteroatoms. The van der Waals surface area contributed by atoms with Crippen LogP contribution in [0.2, 0.25) is 0 Å². The standard InChI is InChI=1S/C15H19F.C14H17BrN2/c16-15-11-9-14(10-12-15)8-4-7-13-5-2-1-3-6-13;1-4-13-14(15)11(3)17(16(13)5-2)12-9-7-6-8-10-12/h4,8-13H,1-3,5-7H2;6-10H,3-5H2,1-2H3/b8-4+;. The molecule has 0 spiro atoms. The molecule has 2 nitrogen and oxygen atoms in total. The second kappa shape index (κ2) is 12.8. The van der Waals surface area contributed by atoms with Gasteiger partial charge in [0.25, 0.3) is 0 Å². The predicted octanol–water partition coefficient (Wildman–Crippen LogP) is 9.08. The topological polar surface area (TPSA) is 6.48 Å². The molecule has 0 aromatic heterocycles. The monoisotopic (exact) mass is 510 g/mol. The van der Waals surface area contributed by atoms with Gasteiger partial charge in [-0.1, -0.05) is 88.1 Å². The number of hydrogen-bond acceptors (Lipinski definition) is 2. The molecule has 0 radical (unpaired) electrons. The molecule has 0 saturated heterocycles. The number of anilines is 1. The lowest BCUT2D eigenvalue weighted by atomic mass is 9.87. The molecule has 33 heavy (non-hydrogen) atoms. The van der Waals surface area contributed by atoms with Gasteiger partial charge in [0.05, 0.1) is 21.6 Å². The normalized spacial score (nSPS) is 17.0. The fourth-order valence-corrected chi connectivity index (χ4v) is 5.22.